The highest BCUT2D eigenvalue weighted by molar-refractivity contribution is 6.07. The van der Waals surface area contributed by atoms with Gasteiger partial charge in [-0.15, -0.1) is 0 Å². The van der Waals surface area contributed by atoms with Crippen LogP contribution in [0.5, 0.6) is 0 Å². The fraction of sp³-hybridized carbons (Fsp3) is 0.400. The Hall–Kier alpha value is -2.37. The van der Waals surface area contributed by atoms with E-state index in [-0.39, 0.29) is 35.5 Å². The molecule has 1 rings (SSSR count). The molecule has 0 atom stereocenters. The van der Waals surface area contributed by atoms with Crippen molar-refractivity contribution in [2.75, 3.05) is 13.2 Å². The Bertz CT molecular complexity index is 588. The highest BCUT2D eigenvalue weighted by Crippen LogP contribution is 2.24. The third-order valence-corrected chi connectivity index (χ3v) is 2.96. The van der Waals surface area contributed by atoms with E-state index in [1.165, 1.54) is 13.0 Å². The number of carbonyl (C=O) groups excluding carboxylic acids is 2. The molecule has 6 nitrogen and oxygen atoms in total. The lowest BCUT2D eigenvalue weighted by Gasteiger charge is -2.15. The fourth-order valence-electron chi connectivity index (χ4n) is 2.14. The summed E-state index contributed by atoms with van der Waals surface area (Å²) in [6, 6.07) is 1.29. The number of carbonyl (C=O) groups is 3. The predicted octanol–water partition coefficient (Wildman–Crippen LogP) is 2.36. The van der Waals surface area contributed by atoms with Crippen LogP contribution in [0.25, 0.3) is 0 Å². The van der Waals surface area contributed by atoms with Gasteiger partial charge < -0.3 is 14.6 Å². The van der Waals surface area contributed by atoms with Crippen molar-refractivity contribution >= 4 is 17.9 Å². The number of aryl methyl sites for hydroxylation is 1. The first kappa shape index (κ1) is 16.7. The first-order valence-corrected chi connectivity index (χ1v) is 6.56. The van der Waals surface area contributed by atoms with Crippen LogP contribution in [-0.4, -0.2) is 36.2 Å². The standard InChI is InChI=1S/C15H18O6/c1-5-20-14(18)11-8(3)7-10(13(16)17)12(9(11)4)15(19)21-6-2/h7H,5-6H2,1-4H3,(H,16,17). The largest absolute Gasteiger partial charge is 0.478 e. The SMILES string of the molecule is CCOC(=O)c1c(C)cc(C(=O)O)c(C(=O)OCC)c1C. The minimum Gasteiger partial charge on any atom is -0.478 e. The van der Waals surface area contributed by atoms with Crippen molar-refractivity contribution in [1.29, 1.82) is 0 Å². The quantitative estimate of drug-likeness (QED) is 0.838. The monoisotopic (exact) mass is 294 g/mol. The molecule has 21 heavy (non-hydrogen) atoms. The first-order chi connectivity index (χ1) is 9.84. The van der Waals surface area contributed by atoms with Gasteiger partial charge in [-0.25, -0.2) is 14.4 Å². The van der Waals surface area contributed by atoms with Gasteiger partial charge in [0, 0.05) is 0 Å². The molecule has 0 bridgehead atoms. The summed E-state index contributed by atoms with van der Waals surface area (Å²) < 4.78 is 9.83. The molecule has 0 amide bonds. The van der Waals surface area contributed by atoms with Gasteiger partial charge >= 0.3 is 17.9 Å². The van der Waals surface area contributed by atoms with E-state index in [2.05, 4.69) is 0 Å². The van der Waals surface area contributed by atoms with E-state index in [0.717, 1.165) is 0 Å². The Morgan fingerprint density at radius 1 is 1.00 bits per heavy atom. The number of aromatic carboxylic acids is 1. The van der Waals surface area contributed by atoms with E-state index in [9.17, 15) is 19.5 Å². The second-order valence-electron chi connectivity index (χ2n) is 4.36. The van der Waals surface area contributed by atoms with E-state index >= 15 is 0 Å². The van der Waals surface area contributed by atoms with Crippen molar-refractivity contribution in [3.63, 3.8) is 0 Å². The van der Waals surface area contributed by atoms with Gasteiger partial charge in [0.25, 0.3) is 0 Å². The molecule has 0 radical (unpaired) electrons. The van der Waals surface area contributed by atoms with Crippen molar-refractivity contribution in [2.45, 2.75) is 27.7 Å². The van der Waals surface area contributed by atoms with Crippen molar-refractivity contribution in [3.8, 4) is 0 Å². The molecule has 0 aliphatic heterocycles. The molecule has 0 saturated carbocycles. The number of hydrogen-bond acceptors (Lipinski definition) is 5. The topological polar surface area (TPSA) is 89.9 Å². The molecule has 1 aromatic carbocycles. The number of hydrogen-bond donors (Lipinski definition) is 1. The molecule has 0 aliphatic carbocycles. The highest BCUT2D eigenvalue weighted by Gasteiger charge is 2.26. The van der Waals surface area contributed by atoms with Gasteiger partial charge in [0.1, 0.15) is 0 Å². The minimum atomic E-state index is -1.25. The Kier molecular flexibility index (Phi) is 5.46. The zero-order valence-electron chi connectivity index (χ0n) is 12.5. The molecule has 0 heterocycles. The summed E-state index contributed by atoms with van der Waals surface area (Å²) in [5.74, 6) is -2.60. The van der Waals surface area contributed by atoms with Crippen molar-refractivity contribution in [1.82, 2.24) is 0 Å². The van der Waals surface area contributed by atoms with Crippen LogP contribution in [0.3, 0.4) is 0 Å². The van der Waals surface area contributed by atoms with Crippen LogP contribution in [-0.2, 0) is 9.47 Å². The van der Waals surface area contributed by atoms with Gasteiger partial charge in [0.2, 0.25) is 0 Å². The van der Waals surface area contributed by atoms with Gasteiger partial charge in [-0.1, -0.05) is 0 Å². The molecule has 1 aromatic rings. The second-order valence-corrected chi connectivity index (χ2v) is 4.36. The summed E-state index contributed by atoms with van der Waals surface area (Å²) in [7, 11) is 0. The molecule has 0 unspecified atom stereocenters. The lowest BCUT2D eigenvalue weighted by atomic mass is 9.92. The summed E-state index contributed by atoms with van der Waals surface area (Å²) >= 11 is 0. The van der Waals surface area contributed by atoms with Crippen LogP contribution in [0.2, 0.25) is 0 Å². The lowest BCUT2D eigenvalue weighted by Crippen LogP contribution is -2.18. The number of benzene rings is 1. The minimum absolute atomic E-state index is 0.111. The van der Waals surface area contributed by atoms with Crippen LogP contribution in [0.1, 0.15) is 56.0 Å². The smallest absolute Gasteiger partial charge is 0.339 e. The molecule has 0 fully saturated rings. The van der Waals surface area contributed by atoms with Gasteiger partial charge in [-0.05, 0) is 44.9 Å². The summed E-state index contributed by atoms with van der Waals surface area (Å²) in [4.78, 5) is 35.3. The summed E-state index contributed by atoms with van der Waals surface area (Å²) in [5, 5.41) is 9.24. The zero-order chi connectivity index (χ0) is 16.2. The summed E-state index contributed by atoms with van der Waals surface area (Å²) in [6.07, 6.45) is 0. The van der Waals surface area contributed by atoms with Crippen molar-refractivity contribution in [2.24, 2.45) is 0 Å². The lowest BCUT2D eigenvalue weighted by molar-refractivity contribution is 0.0511. The van der Waals surface area contributed by atoms with Crippen LogP contribution in [0.4, 0.5) is 0 Å². The number of carboxylic acids is 1. The van der Waals surface area contributed by atoms with Crippen LogP contribution < -0.4 is 0 Å². The number of carboxylic acid groups (broad SMARTS) is 1. The molecule has 114 valence electrons. The Balaban J connectivity index is 3.58. The van der Waals surface area contributed by atoms with Gasteiger partial charge in [-0.3, -0.25) is 0 Å². The Morgan fingerprint density at radius 2 is 1.48 bits per heavy atom. The third-order valence-electron chi connectivity index (χ3n) is 2.96. The number of rotatable bonds is 5. The fourth-order valence-corrected chi connectivity index (χ4v) is 2.14. The first-order valence-electron chi connectivity index (χ1n) is 6.56. The second kappa shape index (κ2) is 6.88. The molecular weight excluding hydrogens is 276 g/mol. The maximum atomic E-state index is 12.0. The van der Waals surface area contributed by atoms with Crippen molar-refractivity contribution < 1.29 is 29.0 Å². The van der Waals surface area contributed by atoms with Crippen LogP contribution >= 0.6 is 0 Å². The molecule has 1 N–H and O–H groups in total. The van der Waals surface area contributed by atoms with Crippen molar-refractivity contribution in [3.05, 3.63) is 33.9 Å². The van der Waals surface area contributed by atoms with Gasteiger partial charge in [-0.2, -0.15) is 0 Å². The Labute approximate surface area is 122 Å². The number of ether oxygens (including phenoxy) is 2. The van der Waals surface area contributed by atoms with E-state index in [4.69, 9.17) is 9.47 Å². The number of esters is 2. The normalized spacial score (nSPS) is 10.1. The molecule has 0 saturated heterocycles. The van der Waals surface area contributed by atoms with Gasteiger partial charge in [0.15, 0.2) is 0 Å². The predicted molar refractivity (Wildman–Crippen MR) is 74.8 cm³/mol. The highest BCUT2D eigenvalue weighted by atomic mass is 16.5. The maximum absolute atomic E-state index is 12.0. The summed E-state index contributed by atoms with van der Waals surface area (Å²) in [6.45, 7) is 6.69. The average Bonchev–Trinajstić information content (AvgIpc) is 2.38. The molecule has 0 aromatic heterocycles. The van der Waals surface area contributed by atoms with E-state index in [0.29, 0.717) is 5.56 Å². The third kappa shape index (κ3) is 3.39. The molecule has 6 heteroatoms. The average molecular weight is 294 g/mol. The summed E-state index contributed by atoms with van der Waals surface area (Å²) in [5.41, 5.74) is 0.597. The zero-order valence-corrected chi connectivity index (χ0v) is 12.5. The van der Waals surface area contributed by atoms with Crippen LogP contribution in [0, 0.1) is 13.8 Å². The molecular formula is C15H18O6. The maximum Gasteiger partial charge on any atom is 0.339 e. The van der Waals surface area contributed by atoms with E-state index < -0.39 is 17.9 Å². The van der Waals surface area contributed by atoms with E-state index in [1.54, 1.807) is 20.8 Å². The van der Waals surface area contributed by atoms with Gasteiger partial charge in [0.05, 0.1) is 29.9 Å². The molecule has 0 aliphatic rings. The van der Waals surface area contributed by atoms with Crippen LogP contribution in [0.15, 0.2) is 6.07 Å². The molecule has 0 spiro atoms. The Morgan fingerprint density at radius 3 is 1.90 bits per heavy atom. The van der Waals surface area contributed by atoms with E-state index in [1.807, 2.05) is 0 Å².